The van der Waals surface area contributed by atoms with E-state index in [0.717, 1.165) is 17.7 Å². The van der Waals surface area contributed by atoms with E-state index in [9.17, 15) is 9.59 Å². The second kappa shape index (κ2) is 8.10. The number of carbonyl (C=O) groups is 2. The number of thioether (sulfide) groups is 1. The van der Waals surface area contributed by atoms with Crippen molar-refractivity contribution in [1.29, 1.82) is 0 Å². The van der Waals surface area contributed by atoms with Crippen LogP contribution in [0.4, 0.5) is 0 Å². The van der Waals surface area contributed by atoms with Crippen LogP contribution in [0.2, 0.25) is 5.02 Å². The van der Waals surface area contributed by atoms with E-state index in [1.807, 2.05) is 12.1 Å². The van der Waals surface area contributed by atoms with Crippen LogP contribution in [0.25, 0.3) is 0 Å². The lowest BCUT2D eigenvalue weighted by Crippen LogP contribution is -2.42. The Morgan fingerprint density at radius 2 is 1.90 bits per heavy atom. The van der Waals surface area contributed by atoms with E-state index < -0.39 is 0 Å². The fourth-order valence-electron chi connectivity index (χ4n) is 2.01. The maximum Gasteiger partial charge on any atom is 0.248 e. The highest BCUT2D eigenvalue weighted by molar-refractivity contribution is 8.00. The Hall–Kier alpha value is -1.46. The number of carbonyl (C=O) groups excluding carboxylic acids is 2. The van der Waals surface area contributed by atoms with E-state index in [4.69, 9.17) is 11.6 Å². The fraction of sp³-hybridized carbons (Fsp3) is 0.333. The molecule has 1 unspecified atom stereocenters. The monoisotopic (exact) mass is 324 g/mol. The molecule has 1 aliphatic carbocycles. The van der Waals surface area contributed by atoms with Crippen LogP contribution in [0.1, 0.15) is 19.3 Å². The molecule has 1 aliphatic rings. The molecular formula is C15H17ClN2O2S. The number of halogens is 1. The van der Waals surface area contributed by atoms with Gasteiger partial charge in [0.05, 0.1) is 5.75 Å². The van der Waals surface area contributed by atoms with Crippen molar-refractivity contribution in [3.05, 3.63) is 41.4 Å². The standard InChI is InChI=1S/C15H17ClN2O2S/c16-12-5-7-13(8-6-12)21-10-15(20)18-17-14(19)9-11-3-1-2-4-11/h1,3,5-8,11H,2,4,9-10H2,(H,17,19)(H,18,20). The number of hydrogen-bond donors (Lipinski definition) is 2. The smallest absolute Gasteiger partial charge is 0.248 e. The van der Waals surface area contributed by atoms with Gasteiger partial charge < -0.3 is 0 Å². The van der Waals surface area contributed by atoms with Crippen molar-refractivity contribution in [1.82, 2.24) is 10.9 Å². The van der Waals surface area contributed by atoms with Gasteiger partial charge in [-0.2, -0.15) is 0 Å². The Balaban J connectivity index is 1.63. The van der Waals surface area contributed by atoms with Crippen LogP contribution in [0.3, 0.4) is 0 Å². The van der Waals surface area contributed by atoms with Crippen LogP contribution < -0.4 is 10.9 Å². The van der Waals surface area contributed by atoms with Crippen molar-refractivity contribution < 1.29 is 9.59 Å². The van der Waals surface area contributed by atoms with Gasteiger partial charge in [0.1, 0.15) is 0 Å². The maximum atomic E-state index is 11.6. The first-order chi connectivity index (χ1) is 10.1. The second-order valence-electron chi connectivity index (χ2n) is 4.81. The molecule has 21 heavy (non-hydrogen) atoms. The molecule has 1 atom stereocenters. The summed E-state index contributed by atoms with van der Waals surface area (Å²) in [6.07, 6.45) is 6.59. The Morgan fingerprint density at radius 1 is 1.19 bits per heavy atom. The summed E-state index contributed by atoms with van der Waals surface area (Å²) in [6.45, 7) is 0. The average molecular weight is 325 g/mol. The molecule has 1 aromatic rings. The van der Waals surface area contributed by atoms with E-state index in [2.05, 4.69) is 23.0 Å². The molecule has 0 spiro atoms. The molecule has 2 N–H and O–H groups in total. The van der Waals surface area contributed by atoms with E-state index in [-0.39, 0.29) is 17.6 Å². The lowest BCUT2D eigenvalue weighted by molar-refractivity contribution is -0.128. The molecule has 112 valence electrons. The zero-order chi connectivity index (χ0) is 15.1. The van der Waals surface area contributed by atoms with Crippen molar-refractivity contribution in [3.63, 3.8) is 0 Å². The molecule has 2 rings (SSSR count). The second-order valence-corrected chi connectivity index (χ2v) is 6.29. The Labute approximate surface area is 133 Å². The van der Waals surface area contributed by atoms with Gasteiger partial charge in [-0.3, -0.25) is 20.4 Å². The fourth-order valence-corrected chi connectivity index (χ4v) is 2.83. The lowest BCUT2D eigenvalue weighted by atomic mass is 10.1. The highest BCUT2D eigenvalue weighted by atomic mass is 35.5. The average Bonchev–Trinajstić information content (AvgIpc) is 2.97. The number of benzene rings is 1. The molecule has 0 radical (unpaired) electrons. The van der Waals surface area contributed by atoms with Gasteiger partial charge in [-0.1, -0.05) is 23.8 Å². The maximum absolute atomic E-state index is 11.6. The van der Waals surface area contributed by atoms with Gasteiger partial charge in [-0.25, -0.2) is 0 Å². The number of hydrazine groups is 1. The largest absolute Gasteiger partial charge is 0.273 e. The molecule has 2 amide bonds. The van der Waals surface area contributed by atoms with Gasteiger partial charge in [-0.05, 0) is 43.0 Å². The first-order valence-corrected chi connectivity index (χ1v) is 8.12. The van der Waals surface area contributed by atoms with Gasteiger partial charge in [0.25, 0.3) is 0 Å². The Bertz CT molecular complexity index is 531. The highest BCUT2D eigenvalue weighted by Crippen LogP contribution is 2.20. The predicted molar refractivity (Wildman–Crippen MR) is 84.9 cm³/mol. The van der Waals surface area contributed by atoms with E-state index >= 15 is 0 Å². The first-order valence-electron chi connectivity index (χ1n) is 6.76. The molecule has 0 saturated heterocycles. The molecule has 0 heterocycles. The minimum atomic E-state index is -0.231. The molecule has 0 fully saturated rings. The van der Waals surface area contributed by atoms with Gasteiger partial charge in [-0.15, -0.1) is 11.8 Å². The zero-order valence-corrected chi connectivity index (χ0v) is 13.0. The van der Waals surface area contributed by atoms with Gasteiger partial charge in [0, 0.05) is 16.3 Å². The molecule has 6 heteroatoms. The van der Waals surface area contributed by atoms with Crippen LogP contribution >= 0.6 is 23.4 Å². The number of allylic oxidation sites excluding steroid dienone is 2. The van der Waals surface area contributed by atoms with Crippen LogP contribution in [-0.2, 0) is 9.59 Å². The van der Waals surface area contributed by atoms with E-state index in [1.165, 1.54) is 11.8 Å². The molecular weight excluding hydrogens is 308 g/mol. The Morgan fingerprint density at radius 3 is 2.57 bits per heavy atom. The third-order valence-electron chi connectivity index (χ3n) is 3.08. The third kappa shape index (κ3) is 5.81. The molecule has 0 aromatic heterocycles. The van der Waals surface area contributed by atoms with Crippen molar-refractivity contribution >= 4 is 35.2 Å². The number of rotatable bonds is 5. The minimum Gasteiger partial charge on any atom is -0.273 e. The van der Waals surface area contributed by atoms with Gasteiger partial charge in [0.15, 0.2) is 0 Å². The number of nitrogens with one attached hydrogen (secondary N) is 2. The molecule has 4 nitrogen and oxygen atoms in total. The third-order valence-corrected chi connectivity index (χ3v) is 4.35. The molecule has 0 saturated carbocycles. The summed E-state index contributed by atoms with van der Waals surface area (Å²) in [6, 6.07) is 7.26. The highest BCUT2D eigenvalue weighted by Gasteiger charge is 2.14. The minimum absolute atomic E-state index is 0.156. The van der Waals surface area contributed by atoms with Crippen LogP contribution in [0.15, 0.2) is 41.3 Å². The summed E-state index contributed by atoms with van der Waals surface area (Å²) in [5.74, 6) is 0.151. The van der Waals surface area contributed by atoms with Crippen molar-refractivity contribution in [2.24, 2.45) is 5.92 Å². The molecule has 0 aliphatic heterocycles. The summed E-state index contributed by atoms with van der Waals surface area (Å²) < 4.78 is 0. The number of amides is 2. The van der Waals surface area contributed by atoms with Crippen molar-refractivity contribution in [2.75, 3.05) is 5.75 Å². The summed E-state index contributed by atoms with van der Waals surface area (Å²) in [5, 5.41) is 0.664. The van der Waals surface area contributed by atoms with Crippen LogP contribution in [0.5, 0.6) is 0 Å². The molecule has 0 bridgehead atoms. The first kappa shape index (κ1) is 15.9. The summed E-state index contributed by atoms with van der Waals surface area (Å²) >= 11 is 7.18. The zero-order valence-electron chi connectivity index (χ0n) is 11.5. The van der Waals surface area contributed by atoms with E-state index in [0.29, 0.717) is 17.4 Å². The van der Waals surface area contributed by atoms with Crippen LogP contribution in [-0.4, -0.2) is 17.6 Å². The summed E-state index contributed by atoms with van der Waals surface area (Å²) in [7, 11) is 0. The SMILES string of the molecule is O=C(CSc1ccc(Cl)cc1)NNC(=O)CC1C=CCC1. The molecule has 1 aromatic carbocycles. The normalized spacial score (nSPS) is 16.7. The van der Waals surface area contributed by atoms with Gasteiger partial charge in [0.2, 0.25) is 11.8 Å². The van der Waals surface area contributed by atoms with Gasteiger partial charge >= 0.3 is 0 Å². The van der Waals surface area contributed by atoms with Crippen LogP contribution in [0, 0.1) is 5.92 Å². The van der Waals surface area contributed by atoms with Crippen molar-refractivity contribution in [2.45, 2.75) is 24.2 Å². The summed E-state index contributed by atoms with van der Waals surface area (Å²) in [4.78, 5) is 24.2. The van der Waals surface area contributed by atoms with Crippen molar-refractivity contribution in [3.8, 4) is 0 Å². The number of hydrogen-bond acceptors (Lipinski definition) is 3. The predicted octanol–water partition coefficient (Wildman–Crippen LogP) is 2.94. The lowest BCUT2D eigenvalue weighted by Gasteiger charge is -2.09. The summed E-state index contributed by atoms with van der Waals surface area (Å²) in [5.41, 5.74) is 4.88. The van der Waals surface area contributed by atoms with E-state index in [1.54, 1.807) is 12.1 Å². The Kier molecular flexibility index (Phi) is 6.14. The topological polar surface area (TPSA) is 58.2 Å². The quantitative estimate of drug-likeness (QED) is 0.497.